The minimum Gasteiger partial charge on any atom is -0.488 e. The number of halogens is 1. The average molecular weight is 442 g/mol. The average Bonchev–Trinajstić information content (AvgIpc) is 2.94. The summed E-state index contributed by atoms with van der Waals surface area (Å²) in [6.07, 6.45) is 1.72. The highest BCUT2D eigenvalue weighted by atomic mass is 79.9. The molecule has 27 heavy (non-hydrogen) atoms. The Kier molecular flexibility index (Phi) is 5.89. The lowest BCUT2D eigenvalue weighted by Gasteiger charge is -2.11. The van der Waals surface area contributed by atoms with Crippen molar-refractivity contribution < 1.29 is 9.53 Å². The van der Waals surface area contributed by atoms with Crippen LogP contribution in [0.15, 0.2) is 52.6 Å². The molecule has 2 aromatic carbocycles. The Bertz CT molecular complexity index is 981. The van der Waals surface area contributed by atoms with Gasteiger partial charge in [0.05, 0.1) is 11.6 Å². The molecular formula is C20H16BrN3O2S. The minimum absolute atomic E-state index is 0.164. The zero-order chi connectivity index (χ0) is 19.4. The summed E-state index contributed by atoms with van der Waals surface area (Å²) < 4.78 is 6.80. The van der Waals surface area contributed by atoms with E-state index in [1.807, 2.05) is 43.3 Å². The quantitative estimate of drug-likeness (QED) is 0.561. The third kappa shape index (κ3) is 4.18. The lowest BCUT2D eigenvalue weighted by atomic mass is 10.1. The van der Waals surface area contributed by atoms with Crippen molar-refractivity contribution in [3.05, 3.63) is 69.3 Å². The molecule has 1 amide bonds. The molecule has 1 N–H and O–H groups in total. The predicted molar refractivity (Wildman–Crippen MR) is 111 cm³/mol. The van der Waals surface area contributed by atoms with Crippen molar-refractivity contribution >= 4 is 45.2 Å². The first kappa shape index (κ1) is 19.1. The normalized spacial score (nSPS) is 15.0. The molecular weight excluding hydrogens is 426 g/mol. The van der Waals surface area contributed by atoms with E-state index < -0.39 is 0 Å². The summed E-state index contributed by atoms with van der Waals surface area (Å²) in [5, 5.41) is 12.6. The van der Waals surface area contributed by atoms with Gasteiger partial charge in [-0.25, -0.2) is 0 Å². The second-order valence-electron chi connectivity index (χ2n) is 5.78. The first-order valence-corrected chi connectivity index (χ1v) is 9.48. The first-order valence-electron chi connectivity index (χ1n) is 8.28. The molecule has 0 aliphatic carbocycles. The first-order chi connectivity index (χ1) is 13.0. The molecule has 0 saturated carbocycles. The van der Waals surface area contributed by atoms with E-state index in [9.17, 15) is 10.1 Å². The number of carbonyl (C=O) groups is 1. The largest absolute Gasteiger partial charge is 0.488 e. The van der Waals surface area contributed by atoms with Crippen LogP contribution in [-0.2, 0) is 11.4 Å². The lowest BCUT2D eigenvalue weighted by molar-refractivity contribution is -0.122. The molecule has 1 heterocycles. The number of nitrogens with zero attached hydrogens (tertiary/aromatic N) is 2. The fourth-order valence-corrected chi connectivity index (χ4v) is 3.39. The van der Waals surface area contributed by atoms with Crippen LogP contribution in [0.2, 0.25) is 0 Å². The molecule has 136 valence electrons. The number of carbonyl (C=O) groups excluding carboxylic acids is 1. The maximum absolute atomic E-state index is 12.4. The van der Waals surface area contributed by atoms with E-state index in [0.29, 0.717) is 28.7 Å². The fourth-order valence-electron chi connectivity index (χ4n) is 2.69. The van der Waals surface area contributed by atoms with E-state index in [4.69, 9.17) is 17.0 Å². The van der Waals surface area contributed by atoms with Crippen molar-refractivity contribution in [2.24, 2.45) is 0 Å². The van der Waals surface area contributed by atoms with E-state index in [2.05, 4.69) is 27.3 Å². The third-order valence-electron chi connectivity index (χ3n) is 4.07. The Hall–Kier alpha value is -2.69. The van der Waals surface area contributed by atoms with Gasteiger partial charge in [-0.3, -0.25) is 9.69 Å². The molecule has 2 aromatic rings. The molecule has 0 spiro atoms. The Labute approximate surface area is 171 Å². The van der Waals surface area contributed by atoms with Crippen LogP contribution in [0, 0.1) is 11.3 Å². The van der Waals surface area contributed by atoms with Crippen molar-refractivity contribution in [2.75, 3.05) is 6.54 Å². The molecule has 7 heteroatoms. The van der Waals surface area contributed by atoms with Crippen LogP contribution in [0.1, 0.15) is 23.6 Å². The monoisotopic (exact) mass is 441 g/mol. The minimum atomic E-state index is -0.164. The van der Waals surface area contributed by atoms with E-state index in [-0.39, 0.29) is 12.5 Å². The Balaban J connectivity index is 1.88. The molecule has 0 aromatic heterocycles. The third-order valence-corrected chi connectivity index (χ3v) is 4.89. The number of thiocarbonyl (C=S) groups is 1. The lowest BCUT2D eigenvalue weighted by Crippen LogP contribution is -2.30. The van der Waals surface area contributed by atoms with E-state index in [0.717, 1.165) is 15.6 Å². The van der Waals surface area contributed by atoms with Crippen molar-refractivity contribution in [1.82, 2.24) is 10.2 Å². The summed E-state index contributed by atoms with van der Waals surface area (Å²) in [5.74, 6) is 0.442. The van der Waals surface area contributed by atoms with Crippen LogP contribution in [0.3, 0.4) is 0 Å². The van der Waals surface area contributed by atoms with Gasteiger partial charge < -0.3 is 10.1 Å². The van der Waals surface area contributed by atoms with Gasteiger partial charge in [0.2, 0.25) is 0 Å². The Morgan fingerprint density at radius 1 is 1.33 bits per heavy atom. The second kappa shape index (κ2) is 8.33. The predicted octanol–water partition coefficient (Wildman–Crippen LogP) is 3.98. The number of rotatable bonds is 5. The van der Waals surface area contributed by atoms with Crippen molar-refractivity contribution in [2.45, 2.75) is 13.5 Å². The Morgan fingerprint density at radius 2 is 2.11 bits per heavy atom. The van der Waals surface area contributed by atoms with Crippen LogP contribution >= 0.6 is 28.1 Å². The maximum atomic E-state index is 12.4. The molecule has 0 radical (unpaired) electrons. The SMILES string of the molecule is CCN1C(=O)/C(=C/c2cc(Br)ccc2OCc2ccccc2C#N)NC1=S. The number of amides is 1. The number of nitrogens with one attached hydrogen (secondary N) is 1. The molecule has 1 aliphatic heterocycles. The van der Waals surface area contributed by atoms with Crippen LogP contribution in [0.5, 0.6) is 5.75 Å². The maximum Gasteiger partial charge on any atom is 0.276 e. The van der Waals surface area contributed by atoms with Crippen molar-refractivity contribution in [1.29, 1.82) is 5.26 Å². The molecule has 0 bridgehead atoms. The van der Waals surface area contributed by atoms with Crippen LogP contribution in [-0.4, -0.2) is 22.5 Å². The molecule has 1 fully saturated rings. The van der Waals surface area contributed by atoms with Gasteiger partial charge in [0, 0.05) is 22.1 Å². The zero-order valence-corrected chi connectivity index (χ0v) is 16.9. The summed E-state index contributed by atoms with van der Waals surface area (Å²) >= 11 is 8.64. The zero-order valence-electron chi connectivity index (χ0n) is 14.5. The van der Waals surface area contributed by atoms with Gasteiger partial charge in [-0.15, -0.1) is 0 Å². The highest BCUT2D eigenvalue weighted by Crippen LogP contribution is 2.27. The number of likely N-dealkylation sites (N-methyl/N-ethyl adjacent to an activating group) is 1. The summed E-state index contributed by atoms with van der Waals surface area (Å²) in [6.45, 7) is 2.63. The fraction of sp³-hybridized carbons (Fsp3) is 0.150. The van der Waals surface area contributed by atoms with Gasteiger partial charge in [-0.1, -0.05) is 34.1 Å². The van der Waals surface area contributed by atoms with Crippen LogP contribution < -0.4 is 10.1 Å². The highest BCUT2D eigenvalue weighted by Gasteiger charge is 2.29. The van der Waals surface area contributed by atoms with Gasteiger partial charge in [-0.05, 0) is 49.5 Å². The summed E-state index contributed by atoms with van der Waals surface area (Å²) in [7, 11) is 0. The molecule has 0 unspecified atom stereocenters. The number of hydrogen-bond donors (Lipinski definition) is 1. The van der Waals surface area contributed by atoms with Gasteiger partial charge in [0.15, 0.2) is 5.11 Å². The Morgan fingerprint density at radius 3 is 2.81 bits per heavy atom. The molecule has 1 saturated heterocycles. The molecule has 5 nitrogen and oxygen atoms in total. The standard InChI is InChI=1S/C20H16BrN3O2S/c1-2-24-19(25)17(23-20(24)27)10-15-9-16(21)7-8-18(15)26-12-14-6-4-3-5-13(14)11-22/h3-10H,2,12H2,1H3,(H,23,27)/b17-10-. The van der Waals surface area contributed by atoms with Crippen LogP contribution in [0.25, 0.3) is 6.08 Å². The molecule has 1 aliphatic rings. The van der Waals surface area contributed by atoms with E-state index >= 15 is 0 Å². The van der Waals surface area contributed by atoms with Gasteiger partial charge >= 0.3 is 0 Å². The van der Waals surface area contributed by atoms with Gasteiger partial charge in [0.1, 0.15) is 18.1 Å². The molecule has 3 rings (SSSR count). The topological polar surface area (TPSA) is 65.4 Å². The van der Waals surface area contributed by atoms with Crippen molar-refractivity contribution in [3.8, 4) is 11.8 Å². The highest BCUT2D eigenvalue weighted by molar-refractivity contribution is 9.10. The number of benzene rings is 2. The number of nitriles is 1. The van der Waals surface area contributed by atoms with Gasteiger partial charge in [-0.2, -0.15) is 5.26 Å². The van der Waals surface area contributed by atoms with Gasteiger partial charge in [0.25, 0.3) is 5.91 Å². The van der Waals surface area contributed by atoms with E-state index in [1.54, 1.807) is 12.1 Å². The van der Waals surface area contributed by atoms with E-state index in [1.165, 1.54) is 4.90 Å². The molecule has 0 atom stereocenters. The second-order valence-corrected chi connectivity index (χ2v) is 7.08. The van der Waals surface area contributed by atoms with Crippen LogP contribution in [0.4, 0.5) is 0 Å². The summed E-state index contributed by atoms with van der Waals surface area (Å²) in [6, 6.07) is 15.0. The van der Waals surface area contributed by atoms with Crippen molar-refractivity contribution in [3.63, 3.8) is 0 Å². The summed E-state index contributed by atoms with van der Waals surface area (Å²) in [4.78, 5) is 13.9. The number of hydrogen-bond acceptors (Lipinski definition) is 4. The summed E-state index contributed by atoms with van der Waals surface area (Å²) in [5.41, 5.74) is 2.51. The number of ether oxygens (including phenoxy) is 1. The smallest absolute Gasteiger partial charge is 0.276 e.